The summed E-state index contributed by atoms with van der Waals surface area (Å²) in [6, 6.07) is 98.3. The minimum Gasteiger partial charge on any atom is -0.456 e. The molecular weight excluding hydrogens is 951 g/mol. The third-order valence-electron chi connectivity index (χ3n) is 14.6. The molecule has 0 spiro atoms. The van der Waals surface area contributed by atoms with Gasteiger partial charge in [-0.25, -0.2) is 0 Å². The Morgan fingerprint density at radius 2 is 0.667 bits per heavy atom. The van der Waals surface area contributed by atoms with E-state index in [2.05, 4.69) is 288 Å². The van der Waals surface area contributed by atoms with Crippen molar-refractivity contribution >= 4 is 78.0 Å². The number of benzene rings is 11. The monoisotopic (exact) mass is 1000 g/mol. The molecule has 0 aliphatic carbocycles. The van der Waals surface area contributed by atoms with E-state index in [1.807, 2.05) is 30.3 Å². The standard InChI is InChI=1S/C73H53N3O2/c1-2-58(75(61-25-13-6-14-26-61)62-40-33-55(34-41-62)53-21-9-4-10-22-53)50-65(47-48-74(59-23-11-5-12-24-59)60-38-31-54(32-39-60)52-19-7-3-8-20-52)76(64-44-46-73-69(51-64)67-28-16-18-30-71(67)78-73)63-42-35-56(36-43-63)57-37-45-72-68(49-57)66-27-15-17-29-70(66)77-72/h2-47,49-51H,1,48H2/b58-50+,65-47+. The number of furan rings is 2. The lowest BCUT2D eigenvalue weighted by Crippen LogP contribution is -2.22. The van der Waals surface area contributed by atoms with Crippen molar-refractivity contribution in [3.63, 3.8) is 0 Å². The third kappa shape index (κ3) is 9.42. The minimum atomic E-state index is 0.520. The number of fused-ring (bicyclic) bond motifs is 6. The van der Waals surface area contributed by atoms with E-state index in [4.69, 9.17) is 8.83 Å². The van der Waals surface area contributed by atoms with Crippen LogP contribution in [0.25, 0.3) is 77.3 Å². The van der Waals surface area contributed by atoms with E-state index in [1.54, 1.807) is 0 Å². The fraction of sp³-hybridized carbons (Fsp3) is 0.0137. The average molecular weight is 1000 g/mol. The van der Waals surface area contributed by atoms with E-state index in [1.165, 1.54) is 5.56 Å². The van der Waals surface area contributed by atoms with Gasteiger partial charge in [0.15, 0.2) is 0 Å². The summed E-state index contributed by atoms with van der Waals surface area (Å²) in [6.07, 6.45) is 6.58. The highest BCUT2D eigenvalue weighted by Crippen LogP contribution is 2.41. The Hall–Kier alpha value is -10.4. The second-order valence-corrected chi connectivity index (χ2v) is 19.3. The van der Waals surface area contributed by atoms with Crippen LogP contribution in [0.4, 0.5) is 34.1 Å². The zero-order valence-corrected chi connectivity index (χ0v) is 42.9. The summed E-state index contributed by atoms with van der Waals surface area (Å²) in [6.45, 7) is 5.06. The van der Waals surface area contributed by atoms with Crippen molar-refractivity contribution in [1.29, 1.82) is 0 Å². The van der Waals surface area contributed by atoms with Crippen LogP contribution in [0.2, 0.25) is 0 Å². The molecule has 2 heterocycles. The summed E-state index contributed by atoms with van der Waals surface area (Å²) in [7, 11) is 0. The third-order valence-corrected chi connectivity index (χ3v) is 14.6. The fourth-order valence-electron chi connectivity index (χ4n) is 10.7. The number of hydrogen-bond donors (Lipinski definition) is 0. The van der Waals surface area contributed by atoms with Gasteiger partial charge in [-0.05, 0) is 155 Å². The van der Waals surface area contributed by atoms with Gasteiger partial charge in [0, 0.05) is 73.6 Å². The van der Waals surface area contributed by atoms with Crippen LogP contribution in [-0.4, -0.2) is 6.54 Å². The average Bonchev–Trinajstić information content (AvgIpc) is 4.21. The molecule has 0 N–H and O–H groups in total. The molecule has 13 aromatic rings. The van der Waals surface area contributed by atoms with E-state index in [0.717, 1.165) is 117 Å². The molecule has 0 aliphatic heterocycles. The molecule has 11 aromatic carbocycles. The molecule has 0 unspecified atom stereocenters. The van der Waals surface area contributed by atoms with Gasteiger partial charge < -0.3 is 23.5 Å². The highest BCUT2D eigenvalue weighted by atomic mass is 16.3. The molecule has 0 fully saturated rings. The van der Waals surface area contributed by atoms with Crippen molar-refractivity contribution in [2.45, 2.75) is 0 Å². The van der Waals surface area contributed by atoms with E-state index in [-0.39, 0.29) is 0 Å². The fourth-order valence-corrected chi connectivity index (χ4v) is 10.7. The predicted octanol–water partition coefficient (Wildman–Crippen LogP) is 20.3. The van der Waals surface area contributed by atoms with Crippen molar-refractivity contribution in [1.82, 2.24) is 0 Å². The van der Waals surface area contributed by atoms with E-state index in [9.17, 15) is 0 Å². The van der Waals surface area contributed by atoms with Crippen LogP contribution in [0.15, 0.2) is 324 Å². The summed E-state index contributed by atoms with van der Waals surface area (Å²) in [4.78, 5) is 7.03. The summed E-state index contributed by atoms with van der Waals surface area (Å²) < 4.78 is 12.7. The Morgan fingerprint density at radius 3 is 1.21 bits per heavy atom. The second-order valence-electron chi connectivity index (χ2n) is 19.3. The molecule has 0 aliphatic rings. The van der Waals surface area contributed by atoms with Gasteiger partial charge in [-0.3, -0.25) is 0 Å². The molecule has 78 heavy (non-hydrogen) atoms. The van der Waals surface area contributed by atoms with Gasteiger partial charge in [-0.1, -0.05) is 183 Å². The molecule has 2 aromatic heterocycles. The first-order valence-corrected chi connectivity index (χ1v) is 26.4. The summed E-state index contributed by atoms with van der Waals surface area (Å²) in [5.74, 6) is 0. The van der Waals surface area contributed by atoms with Crippen molar-refractivity contribution in [2.24, 2.45) is 0 Å². The first-order valence-electron chi connectivity index (χ1n) is 26.4. The number of para-hydroxylation sites is 4. The van der Waals surface area contributed by atoms with Gasteiger partial charge in [0.1, 0.15) is 22.3 Å². The topological polar surface area (TPSA) is 36.0 Å². The molecule has 0 saturated heterocycles. The van der Waals surface area contributed by atoms with Gasteiger partial charge in [0.25, 0.3) is 0 Å². The van der Waals surface area contributed by atoms with Crippen LogP contribution in [0, 0.1) is 0 Å². The first-order chi connectivity index (χ1) is 38.6. The summed E-state index contributed by atoms with van der Waals surface area (Å²) in [5, 5.41) is 4.29. The molecule has 13 rings (SSSR count). The van der Waals surface area contributed by atoms with Crippen molar-refractivity contribution < 1.29 is 8.83 Å². The Morgan fingerprint density at radius 1 is 0.308 bits per heavy atom. The zero-order valence-electron chi connectivity index (χ0n) is 42.9. The molecule has 0 atom stereocenters. The highest BCUT2D eigenvalue weighted by molar-refractivity contribution is 6.07. The maximum Gasteiger partial charge on any atom is 0.135 e. The van der Waals surface area contributed by atoms with E-state index >= 15 is 0 Å². The minimum absolute atomic E-state index is 0.520. The van der Waals surface area contributed by atoms with Gasteiger partial charge in [-0.15, -0.1) is 0 Å². The van der Waals surface area contributed by atoms with Crippen LogP contribution in [0.1, 0.15) is 0 Å². The van der Waals surface area contributed by atoms with Crippen molar-refractivity contribution in [3.8, 4) is 33.4 Å². The van der Waals surface area contributed by atoms with Crippen LogP contribution in [0.5, 0.6) is 0 Å². The molecule has 0 radical (unpaired) electrons. The highest BCUT2D eigenvalue weighted by Gasteiger charge is 2.22. The Balaban J connectivity index is 1.00. The smallest absolute Gasteiger partial charge is 0.135 e. The number of allylic oxidation sites excluding steroid dienone is 2. The Labute approximate surface area is 454 Å². The molecule has 0 saturated carbocycles. The van der Waals surface area contributed by atoms with Crippen molar-refractivity contribution in [2.75, 3.05) is 21.2 Å². The zero-order chi connectivity index (χ0) is 52.2. The lowest BCUT2D eigenvalue weighted by atomic mass is 10.0. The number of rotatable bonds is 15. The molecule has 0 amide bonds. The lowest BCUT2D eigenvalue weighted by molar-refractivity contribution is 0.668. The number of nitrogens with zero attached hydrogens (tertiary/aromatic N) is 3. The lowest BCUT2D eigenvalue weighted by Gasteiger charge is -2.31. The van der Waals surface area contributed by atoms with Crippen LogP contribution >= 0.6 is 0 Å². The second kappa shape index (κ2) is 21.1. The largest absolute Gasteiger partial charge is 0.456 e. The van der Waals surface area contributed by atoms with Crippen LogP contribution in [-0.2, 0) is 0 Å². The molecule has 0 bridgehead atoms. The van der Waals surface area contributed by atoms with Crippen molar-refractivity contribution in [3.05, 3.63) is 315 Å². The first kappa shape index (κ1) is 47.4. The molecule has 372 valence electrons. The van der Waals surface area contributed by atoms with Gasteiger partial charge in [0.2, 0.25) is 0 Å². The normalized spacial score (nSPS) is 11.8. The maximum atomic E-state index is 6.45. The van der Waals surface area contributed by atoms with Gasteiger partial charge >= 0.3 is 0 Å². The summed E-state index contributed by atoms with van der Waals surface area (Å²) >= 11 is 0. The van der Waals surface area contributed by atoms with E-state index < -0.39 is 0 Å². The molecule has 5 nitrogen and oxygen atoms in total. The number of anilines is 6. The number of hydrogen-bond acceptors (Lipinski definition) is 5. The predicted molar refractivity (Wildman–Crippen MR) is 327 cm³/mol. The van der Waals surface area contributed by atoms with Gasteiger partial charge in [-0.2, -0.15) is 0 Å². The van der Waals surface area contributed by atoms with Gasteiger partial charge in [0.05, 0.1) is 0 Å². The molecule has 5 heteroatoms. The van der Waals surface area contributed by atoms with Crippen LogP contribution in [0.3, 0.4) is 0 Å². The van der Waals surface area contributed by atoms with Crippen LogP contribution < -0.4 is 14.7 Å². The molecular formula is C73H53N3O2. The maximum absolute atomic E-state index is 6.45. The Kier molecular flexibility index (Phi) is 12.8. The SMILES string of the molecule is C=C/C(=C\C(=C/CN(c1ccccc1)c1ccc(-c2ccccc2)cc1)N(c1ccc(-c2ccc3oc4ccccc4c3c2)cc1)c1ccc2oc3ccccc3c2c1)N(c1ccccc1)c1ccc(-c2ccccc2)cc1. The quantitative estimate of drug-likeness (QED) is 0.0957. The van der Waals surface area contributed by atoms with E-state index in [0.29, 0.717) is 6.54 Å². The summed E-state index contributed by atoms with van der Waals surface area (Å²) in [5.41, 5.74) is 18.2. The Bertz CT molecular complexity index is 4280.